The van der Waals surface area contributed by atoms with Gasteiger partial charge in [-0.15, -0.1) is 6.42 Å². The van der Waals surface area contributed by atoms with E-state index in [-0.39, 0.29) is 4.90 Å². The van der Waals surface area contributed by atoms with E-state index in [1.807, 2.05) is 0 Å². The van der Waals surface area contributed by atoms with Gasteiger partial charge < -0.3 is 0 Å². The summed E-state index contributed by atoms with van der Waals surface area (Å²) < 4.78 is 102. The highest BCUT2D eigenvalue weighted by Crippen LogP contribution is 2.06. The summed E-state index contributed by atoms with van der Waals surface area (Å²) in [6.07, 6.45) is 1.60. The normalized spacial score (nSPS) is 31.1. The molecule has 1 rings (SSSR count). The quantitative estimate of drug-likeness (QED) is 0.673. The van der Waals surface area contributed by atoms with Crippen LogP contribution in [0.3, 0.4) is 0 Å². The maximum Gasteiger partial charge on any atom is 0.0626 e. The molecule has 0 aromatic heterocycles. The number of likely N-dealkylation sites (N-methyl/N-ethyl adjacent to an activating group) is 1. The highest BCUT2D eigenvalue weighted by Gasteiger charge is 2.07. The van der Waals surface area contributed by atoms with Crippen LogP contribution in [0.5, 0.6) is 0 Å². The smallest absolute Gasteiger partial charge is 0.0626 e. The van der Waals surface area contributed by atoms with Crippen molar-refractivity contribution in [3.8, 4) is 12.3 Å². The van der Waals surface area contributed by atoms with Crippen LogP contribution in [0.4, 0.5) is 0 Å². The van der Waals surface area contributed by atoms with E-state index in [9.17, 15) is 0 Å². The van der Waals surface area contributed by atoms with Crippen LogP contribution in [0.15, 0.2) is 30.2 Å². The summed E-state index contributed by atoms with van der Waals surface area (Å²) in [5, 5.41) is 0. The van der Waals surface area contributed by atoms with Crippen molar-refractivity contribution in [2.75, 3.05) is 13.5 Å². The van der Waals surface area contributed by atoms with Crippen LogP contribution in [-0.4, -0.2) is 24.5 Å². The van der Waals surface area contributed by atoms with Crippen molar-refractivity contribution in [3.63, 3.8) is 0 Å². The van der Waals surface area contributed by atoms with Gasteiger partial charge in [0.2, 0.25) is 0 Å². The molecule has 0 aliphatic heterocycles. The maximum atomic E-state index is 8.38. The minimum absolute atomic E-state index is 0.160. The van der Waals surface area contributed by atoms with Gasteiger partial charge in [-0.2, -0.15) is 0 Å². The first-order valence-electron chi connectivity index (χ1n) is 10.2. The maximum absolute atomic E-state index is 8.38. The summed E-state index contributed by atoms with van der Waals surface area (Å²) in [5.74, 6) is 1.63. The third-order valence-electron chi connectivity index (χ3n) is 1.31. The zero-order chi connectivity index (χ0) is 21.7. The molecular weight excluding hydrogens is 170 g/mol. The topological polar surface area (TPSA) is 3.24 Å². The average molecular weight is 200 g/mol. The van der Waals surface area contributed by atoms with Crippen molar-refractivity contribution in [1.29, 1.82) is 0 Å². The molecule has 1 aromatic rings. The van der Waals surface area contributed by atoms with Gasteiger partial charge in [0.15, 0.2) is 0 Å². The monoisotopic (exact) mass is 200 g/mol. The Kier molecular flexibility index (Phi) is 1.03. The molecule has 0 saturated heterocycles. The fourth-order valence-corrected chi connectivity index (χ4v) is 0.667. The zero-order valence-corrected chi connectivity index (χ0v) is 7.52. The predicted octanol–water partition coefficient (Wildman–Crippen LogP) is 2.18. The Labute approximate surface area is 105 Å². The molecule has 1 atom stereocenters. The Balaban J connectivity index is 4.00. The molecule has 14 heavy (non-hydrogen) atoms. The summed E-state index contributed by atoms with van der Waals surface area (Å²) in [5.41, 5.74) is -1.07. The van der Waals surface area contributed by atoms with Crippen LogP contribution < -0.4 is 0 Å². The average Bonchev–Trinajstić information content (AvgIpc) is 2.55. The molecule has 0 spiro atoms. The molecule has 0 aliphatic carbocycles. The van der Waals surface area contributed by atoms with Crippen LogP contribution in [0, 0.1) is 12.3 Å². The number of hydrogen-bond donors (Lipinski definition) is 0. The summed E-state index contributed by atoms with van der Waals surface area (Å²) in [7, 11) is 0.784. The van der Waals surface area contributed by atoms with E-state index < -0.39 is 61.5 Å². The van der Waals surface area contributed by atoms with Gasteiger partial charge in [0.1, 0.15) is 0 Å². The van der Waals surface area contributed by atoms with Crippen molar-refractivity contribution in [2.24, 2.45) is 0 Å². The van der Waals surface area contributed by atoms with Gasteiger partial charge in [-0.25, -0.2) is 0 Å². The lowest BCUT2D eigenvalue weighted by Crippen LogP contribution is -2.31. The molecule has 1 aromatic carbocycles. The number of benzene rings is 1. The Hall–Kier alpha value is -1.26. The van der Waals surface area contributed by atoms with Crippen molar-refractivity contribution in [3.05, 3.63) is 35.8 Å². The minimum atomic E-state index is -3.52. The minimum Gasteiger partial charge on any atom is -0.292 e. The molecule has 1 heteroatoms. The van der Waals surface area contributed by atoms with E-state index in [4.69, 9.17) is 24.2 Å². The fourth-order valence-electron chi connectivity index (χ4n) is 0.667. The van der Waals surface area contributed by atoms with Gasteiger partial charge in [0.05, 0.1) is 16.1 Å². The summed E-state index contributed by atoms with van der Waals surface area (Å²) in [6.45, 7) is -6.39. The predicted molar refractivity (Wildman–Crippen MR) is 61.1 cm³/mol. The van der Waals surface area contributed by atoms with Crippen LogP contribution in [-0.2, 0) is 6.37 Å². The summed E-state index contributed by atoms with van der Waals surface area (Å²) in [4.78, 5) is 0.160. The van der Waals surface area contributed by atoms with Crippen LogP contribution in [0.1, 0.15) is 30.2 Å². The van der Waals surface area contributed by atoms with Gasteiger partial charge in [-0.1, -0.05) is 36.1 Å². The largest absolute Gasteiger partial charge is 0.292 e. The molecule has 0 aliphatic rings. The lowest BCUT2D eigenvalue weighted by molar-refractivity contribution is 0.287. The number of nitrogens with zero attached hydrogens (tertiary/aromatic N) is 1. The lowest BCUT2D eigenvalue weighted by Gasteiger charge is -2.22. The highest BCUT2D eigenvalue weighted by atomic mass is 15.1. The van der Waals surface area contributed by atoms with Gasteiger partial charge >= 0.3 is 0 Å². The van der Waals surface area contributed by atoms with Gasteiger partial charge in [0, 0.05) is 14.2 Å². The third kappa shape index (κ3) is 3.24. The number of rotatable bonds is 4. The second-order valence-corrected chi connectivity index (χ2v) is 2.29. The molecule has 0 unspecified atom stereocenters. The molecule has 0 saturated carbocycles. The molecule has 0 bridgehead atoms. The van der Waals surface area contributed by atoms with Crippen molar-refractivity contribution in [1.82, 2.24) is 4.90 Å². The second-order valence-electron chi connectivity index (χ2n) is 2.29. The van der Waals surface area contributed by atoms with E-state index >= 15 is 0 Å². The standard InChI is InChI=1S/C13H17N/c1-4-10-14(3)12(2)11-13-8-6-5-7-9-13/h1,5-9,12H,10-11H2,2-3H3/t12-/m1/s1/i2D3,5D,6D,7D,8D,9D,10D2,11D2,12D. The van der Waals surface area contributed by atoms with Crippen molar-refractivity contribution in [2.45, 2.75) is 19.2 Å². The Morgan fingerprint density at radius 3 is 3.00 bits per heavy atom. The lowest BCUT2D eigenvalue weighted by atomic mass is 10.1. The molecule has 0 N–H and O–H groups in total. The van der Waals surface area contributed by atoms with Crippen molar-refractivity contribution >= 4 is 0 Å². The number of terminal acetylenes is 1. The molecule has 0 radical (unpaired) electrons. The molecule has 0 heterocycles. The molecule has 1 nitrogen and oxygen atoms in total. The Morgan fingerprint density at radius 2 is 2.43 bits per heavy atom. The van der Waals surface area contributed by atoms with Gasteiger partial charge in [-0.3, -0.25) is 4.90 Å². The first kappa shape index (κ1) is 2.65. The zero-order valence-electron chi connectivity index (χ0n) is 20.5. The second kappa shape index (κ2) is 5.47. The van der Waals surface area contributed by atoms with E-state index in [0.717, 1.165) is 7.05 Å². The van der Waals surface area contributed by atoms with Crippen molar-refractivity contribution < 1.29 is 17.8 Å². The summed E-state index contributed by atoms with van der Waals surface area (Å²) >= 11 is 0. The van der Waals surface area contributed by atoms with E-state index in [1.54, 1.807) is 5.92 Å². The Bertz CT molecular complexity index is 762. The van der Waals surface area contributed by atoms with Crippen LogP contribution in [0.25, 0.3) is 0 Å². The van der Waals surface area contributed by atoms with E-state index in [2.05, 4.69) is 0 Å². The van der Waals surface area contributed by atoms with Crippen LogP contribution in [0.2, 0.25) is 0 Å². The number of hydrogen-bond acceptors (Lipinski definition) is 1. The first-order chi connectivity index (χ1) is 11.9. The molecular formula is C13H17N. The molecule has 0 amide bonds. The van der Waals surface area contributed by atoms with Crippen LogP contribution >= 0.6 is 0 Å². The fraction of sp³-hybridized carbons (Fsp3) is 0.385. The van der Waals surface area contributed by atoms with E-state index in [1.165, 1.54) is 0 Å². The van der Waals surface area contributed by atoms with Gasteiger partial charge in [-0.05, 0) is 25.8 Å². The SMILES string of the molecule is [2H]c1c([2H])c([2H])c(C([2H])([2H])[C@]([2H])(N(C)C([2H])([2H])C#C)C([2H])([2H])[2H])c([2H])c1[2H]. The highest BCUT2D eigenvalue weighted by molar-refractivity contribution is 5.15. The Morgan fingerprint density at radius 1 is 1.71 bits per heavy atom. The first-order valence-corrected chi connectivity index (χ1v) is 3.68. The third-order valence-corrected chi connectivity index (χ3v) is 1.31. The van der Waals surface area contributed by atoms with E-state index in [0.29, 0.717) is 0 Å². The molecule has 0 fully saturated rings. The molecule has 74 valence electrons. The summed E-state index contributed by atoms with van der Waals surface area (Å²) in [6, 6.07) is -8.12. The van der Waals surface area contributed by atoms with Gasteiger partial charge in [0.25, 0.3) is 0 Å².